The highest BCUT2D eigenvalue weighted by molar-refractivity contribution is 6.36. The van der Waals surface area contributed by atoms with Gasteiger partial charge in [-0.25, -0.2) is 0 Å². The van der Waals surface area contributed by atoms with Crippen LogP contribution >= 0.6 is 23.2 Å². The molecule has 0 amide bonds. The lowest BCUT2D eigenvalue weighted by Gasteiger charge is -2.15. The highest BCUT2D eigenvalue weighted by atomic mass is 35.5. The van der Waals surface area contributed by atoms with Gasteiger partial charge in [0.1, 0.15) is 5.75 Å². The lowest BCUT2D eigenvalue weighted by molar-refractivity contribution is 0.475. The molecule has 128 valence electrons. The number of nitrogens with one attached hydrogen (secondary N) is 1. The Labute approximate surface area is 152 Å². The summed E-state index contributed by atoms with van der Waals surface area (Å²) in [7, 11) is 0. The maximum atomic E-state index is 9.41. The van der Waals surface area contributed by atoms with Crippen LogP contribution in [0.5, 0.6) is 5.75 Å². The van der Waals surface area contributed by atoms with Crippen LogP contribution < -0.4 is 16.8 Å². The molecule has 2 aromatic rings. The Kier molecular flexibility index (Phi) is 6.94. The Morgan fingerprint density at radius 2 is 1.88 bits per heavy atom. The third kappa shape index (κ3) is 5.73. The highest BCUT2D eigenvalue weighted by Gasteiger charge is 2.08. The number of anilines is 1. The average molecular weight is 366 g/mol. The molecule has 6 heteroatoms. The van der Waals surface area contributed by atoms with Gasteiger partial charge in [-0.05, 0) is 54.9 Å². The van der Waals surface area contributed by atoms with Crippen molar-refractivity contribution < 1.29 is 5.11 Å². The SMILES string of the molecule is NCCC(N)/C=C(/Cc1ccc(O)cc1)Nc1ccc(Cl)cc1Cl. The van der Waals surface area contributed by atoms with Gasteiger partial charge >= 0.3 is 0 Å². The van der Waals surface area contributed by atoms with Crippen molar-refractivity contribution in [3.05, 3.63) is 69.8 Å². The van der Waals surface area contributed by atoms with Gasteiger partial charge in [0.05, 0.1) is 10.7 Å². The largest absolute Gasteiger partial charge is 0.508 e. The summed E-state index contributed by atoms with van der Waals surface area (Å²) in [5.41, 5.74) is 14.4. The first kappa shape index (κ1) is 18.6. The van der Waals surface area contributed by atoms with Crippen LogP contribution in [0.2, 0.25) is 10.0 Å². The zero-order valence-electron chi connectivity index (χ0n) is 13.2. The van der Waals surface area contributed by atoms with Gasteiger partial charge in [0.15, 0.2) is 0 Å². The van der Waals surface area contributed by atoms with Crippen molar-refractivity contribution in [2.75, 3.05) is 11.9 Å². The zero-order valence-corrected chi connectivity index (χ0v) is 14.7. The van der Waals surface area contributed by atoms with E-state index in [1.807, 2.05) is 24.3 Å². The molecule has 1 unspecified atom stereocenters. The van der Waals surface area contributed by atoms with Gasteiger partial charge in [-0.1, -0.05) is 35.3 Å². The number of hydrogen-bond donors (Lipinski definition) is 4. The van der Waals surface area contributed by atoms with Gasteiger partial charge < -0.3 is 21.9 Å². The predicted molar refractivity (Wildman–Crippen MR) is 102 cm³/mol. The van der Waals surface area contributed by atoms with E-state index in [0.29, 0.717) is 29.4 Å². The summed E-state index contributed by atoms with van der Waals surface area (Å²) in [5.74, 6) is 0.234. The van der Waals surface area contributed by atoms with Crippen molar-refractivity contribution in [3.63, 3.8) is 0 Å². The van der Waals surface area contributed by atoms with Crippen LogP contribution in [-0.2, 0) is 6.42 Å². The Balaban J connectivity index is 2.23. The standard InChI is InChI=1S/C18H21Cl2N3O/c19-13-3-6-18(17(20)10-13)23-15(11-14(22)7-8-21)9-12-1-4-16(24)5-2-12/h1-6,10-11,14,23-24H,7-9,21-22H2/b15-11-. The van der Waals surface area contributed by atoms with Crippen molar-refractivity contribution in [1.82, 2.24) is 0 Å². The Bertz CT molecular complexity index is 702. The molecule has 0 saturated carbocycles. The molecule has 0 saturated heterocycles. The summed E-state index contributed by atoms with van der Waals surface area (Å²) in [4.78, 5) is 0. The summed E-state index contributed by atoms with van der Waals surface area (Å²) >= 11 is 12.2. The van der Waals surface area contributed by atoms with Crippen molar-refractivity contribution >= 4 is 28.9 Å². The number of rotatable bonds is 7. The van der Waals surface area contributed by atoms with E-state index in [2.05, 4.69) is 5.32 Å². The minimum Gasteiger partial charge on any atom is -0.508 e. The van der Waals surface area contributed by atoms with Crippen LogP contribution in [0, 0.1) is 0 Å². The van der Waals surface area contributed by atoms with Gasteiger partial charge in [-0.3, -0.25) is 0 Å². The second-order valence-corrected chi connectivity index (χ2v) is 6.37. The van der Waals surface area contributed by atoms with E-state index in [4.69, 9.17) is 34.7 Å². The Hall–Kier alpha value is -1.72. The summed E-state index contributed by atoms with van der Waals surface area (Å²) < 4.78 is 0. The van der Waals surface area contributed by atoms with Gasteiger partial charge in [-0.2, -0.15) is 0 Å². The van der Waals surface area contributed by atoms with E-state index < -0.39 is 0 Å². The van der Waals surface area contributed by atoms with E-state index in [1.54, 1.807) is 24.3 Å². The van der Waals surface area contributed by atoms with Crippen LogP contribution in [0.15, 0.2) is 54.2 Å². The molecular formula is C18H21Cl2N3O. The molecule has 0 aliphatic rings. The first-order valence-corrected chi connectivity index (χ1v) is 8.40. The second-order valence-electron chi connectivity index (χ2n) is 5.53. The molecule has 2 aromatic carbocycles. The number of phenols is 1. The normalized spacial score (nSPS) is 12.9. The minimum atomic E-state index is -0.152. The molecule has 24 heavy (non-hydrogen) atoms. The quantitative estimate of drug-likeness (QED) is 0.599. The molecule has 1 atom stereocenters. The number of nitrogens with two attached hydrogens (primary N) is 2. The minimum absolute atomic E-state index is 0.152. The fraction of sp³-hybridized carbons (Fsp3) is 0.222. The molecule has 0 fully saturated rings. The summed E-state index contributed by atoms with van der Waals surface area (Å²) in [6, 6.07) is 12.2. The molecule has 0 spiro atoms. The van der Waals surface area contributed by atoms with Crippen LogP contribution in [0.25, 0.3) is 0 Å². The summed E-state index contributed by atoms with van der Waals surface area (Å²) in [5, 5.41) is 13.8. The van der Waals surface area contributed by atoms with Crippen LogP contribution in [-0.4, -0.2) is 17.7 Å². The smallest absolute Gasteiger partial charge is 0.115 e. The van der Waals surface area contributed by atoms with Crippen molar-refractivity contribution in [3.8, 4) is 5.75 Å². The topological polar surface area (TPSA) is 84.3 Å². The Morgan fingerprint density at radius 1 is 1.17 bits per heavy atom. The lowest BCUT2D eigenvalue weighted by atomic mass is 10.1. The van der Waals surface area contributed by atoms with Crippen molar-refractivity contribution in [2.24, 2.45) is 11.5 Å². The molecule has 4 nitrogen and oxygen atoms in total. The van der Waals surface area contributed by atoms with E-state index in [1.165, 1.54) is 0 Å². The van der Waals surface area contributed by atoms with Crippen molar-refractivity contribution in [1.29, 1.82) is 0 Å². The summed E-state index contributed by atoms with van der Waals surface area (Å²) in [6.07, 6.45) is 3.26. The molecule has 0 radical (unpaired) electrons. The molecule has 0 heterocycles. The maximum Gasteiger partial charge on any atom is 0.115 e. The third-order valence-electron chi connectivity index (χ3n) is 3.47. The number of benzene rings is 2. The second kappa shape index (κ2) is 8.94. The third-order valence-corrected chi connectivity index (χ3v) is 4.02. The van der Waals surface area contributed by atoms with Gasteiger partial charge in [0.25, 0.3) is 0 Å². The van der Waals surface area contributed by atoms with Crippen LogP contribution in [0.4, 0.5) is 5.69 Å². The highest BCUT2D eigenvalue weighted by Crippen LogP contribution is 2.27. The molecule has 0 aromatic heterocycles. The van der Waals surface area contributed by atoms with E-state index in [9.17, 15) is 5.11 Å². The fourth-order valence-corrected chi connectivity index (χ4v) is 2.73. The number of hydrogen-bond acceptors (Lipinski definition) is 4. The monoisotopic (exact) mass is 365 g/mol. The number of halogens is 2. The molecule has 0 aliphatic heterocycles. The van der Waals surface area contributed by atoms with Crippen LogP contribution in [0.1, 0.15) is 12.0 Å². The number of aromatic hydroxyl groups is 1. The van der Waals surface area contributed by atoms with E-state index >= 15 is 0 Å². The first-order chi connectivity index (χ1) is 11.5. The van der Waals surface area contributed by atoms with Gasteiger partial charge in [0, 0.05) is 23.2 Å². The van der Waals surface area contributed by atoms with E-state index in [-0.39, 0.29) is 11.8 Å². The van der Waals surface area contributed by atoms with Crippen molar-refractivity contribution in [2.45, 2.75) is 18.9 Å². The predicted octanol–water partition coefficient (Wildman–Crippen LogP) is 3.91. The zero-order chi connectivity index (χ0) is 17.5. The molecule has 6 N–H and O–H groups in total. The summed E-state index contributed by atoms with van der Waals surface area (Å²) in [6.45, 7) is 0.520. The number of phenolic OH excluding ortho intramolecular Hbond substituents is 1. The Morgan fingerprint density at radius 3 is 2.50 bits per heavy atom. The number of allylic oxidation sites excluding steroid dienone is 1. The molecule has 0 bridgehead atoms. The fourth-order valence-electron chi connectivity index (χ4n) is 2.28. The lowest BCUT2D eigenvalue weighted by Crippen LogP contribution is -2.23. The van der Waals surface area contributed by atoms with E-state index in [0.717, 1.165) is 16.9 Å². The average Bonchev–Trinajstić information content (AvgIpc) is 2.52. The maximum absolute atomic E-state index is 9.41. The van der Waals surface area contributed by atoms with Gasteiger partial charge in [0.2, 0.25) is 0 Å². The first-order valence-electron chi connectivity index (χ1n) is 7.64. The van der Waals surface area contributed by atoms with Gasteiger partial charge in [-0.15, -0.1) is 0 Å². The molecular weight excluding hydrogens is 345 g/mol. The molecule has 2 rings (SSSR count). The van der Waals surface area contributed by atoms with Crippen LogP contribution in [0.3, 0.4) is 0 Å². The molecule has 0 aliphatic carbocycles.